The summed E-state index contributed by atoms with van der Waals surface area (Å²) in [6.45, 7) is 5.91. The maximum absolute atomic E-state index is 12.9. The first-order valence-electron chi connectivity index (χ1n) is 9.42. The number of carbonyl (C=O) groups is 2. The van der Waals surface area contributed by atoms with Crippen LogP contribution in [0.2, 0.25) is 0 Å². The maximum Gasteiger partial charge on any atom is 0.306 e. The van der Waals surface area contributed by atoms with Gasteiger partial charge in [0.05, 0.1) is 16.6 Å². The molecule has 2 aliphatic rings. The molecule has 1 saturated carbocycles. The summed E-state index contributed by atoms with van der Waals surface area (Å²) >= 11 is 1.72. The summed E-state index contributed by atoms with van der Waals surface area (Å²) in [5.74, 6) is 0.0592. The molecule has 1 aromatic rings. The first-order chi connectivity index (χ1) is 12.0. The zero-order valence-corrected chi connectivity index (χ0v) is 15.9. The van der Waals surface area contributed by atoms with Crippen LogP contribution in [-0.2, 0) is 9.59 Å². The number of carboxylic acids is 1. The summed E-state index contributed by atoms with van der Waals surface area (Å²) < 4.78 is 0. The number of nitrogens with zero attached hydrogens (tertiary/aromatic N) is 2. The van der Waals surface area contributed by atoms with Crippen LogP contribution in [0.25, 0.3) is 0 Å². The third-order valence-corrected chi connectivity index (χ3v) is 6.66. The highest BCUT2D eigenvalue weighted by molar-refractivity contribution is 7.09. The molecule has 25 heavy (non-hydrogen) atoms. The molecule has 138 valence electrons. The summed E-state index contributed by atoms with van der Waals surface area (Å²) in [6.07, 6.45) is 4.82. The van der Waals surface area contributed by atoms with E-state index in [2.05, 4.69) is 19.2 Å². The van der Waals surface area contributed by atoms with E-state index in [1.165, 1.54) is 0 Å². The molecule has 1 N–H and O–H groups in total. The van der Waals surface area contributed by atoms with Gasteiger partial charge in [0, 0.05) is 30.3 Å². The van der Waals surface area contributed by atoms with Crippen molar-refractivity contribution in [1.29, 1.82) is 0 Å². The molecule has 0 bridgehead atoms. The van der Waals surface area contributed by atoms with Gasteiger partial charge in [-0.15, -0.1) is 11.3 Å². The van der Waals surface area contributed by atoms with Gasteiger partial charge in [-0.25, -0.2) is 4.98 Å². The van der Waals surface area contributed by atoms with Crippen LogP contribution in [-0.4, -0.2) is 40.0 Å². The summed E-state index contributed by atoms with van der Waals surface area (Å²) in [5.41, 5.74) is 1.15. The van der Waals surface area contributed by atoms with E-state index in [1.54, 1.807) is 11.3 Å². The lowest BCUT2D eigenvalue weighted by Gasteiger charge is -2.36. The number of thiazole rings is 1. The quantitative estimate of drug-likeness (QED) is 0.880. The van der Waals surface area contributed by atoms with Gasteiger partial charge in [-0.05, 0) is 44.4 Å². The van der Waals surface area contributed by atoms with E-state index in [1.807, 2.05) is 4.90 Å². The Hall–Kier alpha value is -1.43. The number of carboxylic acid groups (broad SMARTS) is 1. The number of amides is 1. The SMILES string of the molecule is CC(C)c1csc(C2CCCN(C(=O)C3CCC(C(=O)O)CC3)C2)n1. The van der Waals surface area contributed by atoms with Gasteiger partial charge in [0.2, 0.25) is 5.91 Å². The molecule has 1 amide bonds. The number of hydrogen-bond acceptors (Lipinski definition) is 4. The van der Waals surface area contributed by atoms with E-state index < -0.39 is 5.97 Å². The van der Waals surface area contributed by atoms with E-state index in [4.69, 9.17) is 10.1 Å². The van der Waals surface area contributed by atoms with Crippen molar-refractivity contribution in [3.63, 3.8) is 0 Å². The van der Waals surface area contributed by atoms with Gasteiger partial charge in [-0.3, -0.25) is 9.59 Å². The second-order valence-corrected chi connectivity index (χ2v) is 8.67. The molecule has 1 aromatic heterocycles. The van der Waals surface area contributed by atoms with Crippen molar-refractivity contribution in [1.82, 2.24) is 9.88 Å². The van der Waals surface area contributed by atoms with E-state index in [0.29, 0.717) is 37.5 Å². The number of aromatic nitrogens is 1. The fraction of sp³-hybridized carbons (Fsp3) is 0.737. The predicted octanol–water partition coefficient (Wildman–Crippen LogP) is 3.86. The molecule has 0 aromatic carbocycles. The van der Waals surface area contributed by atoms with Crippen molar-refractivity contribution in [2.45, 2.75) is 64.2 Å². The van der Waals surface area contributed by atoms with Gasteiger partial charge >= 0.3 is 5.97 Å². The molecule has 3 rings (SSSR count). The van der Waals surface area contributed by atoms with Gasteiger partial charge < -0.3 is 10.0 Å². The number of hydrogen-bond donors (Lipinski definition) is 1. The van der Waals surface area contributed by atoms with Gasteiger partial charge in [-0.1, -0.05) is 13.8 Å². The van der Waals surface area contributed by atoms with Crippen molar-refractivity contribution in [3.05, 3.63) is 16.1 Å². The number of rotatable bonds is 4. The largest absolute Gasteiger partial charge is 0.481 e. The van der Waals surface area contributed by atoms with Crippen LogP contribution in [0, 0.1) is 11.8 Å². The molecule has 1 unspecified atom stereocenters. The van der Waals surface area contributed by atoms with Gasteiger partial charge in [0.25, 0.3) is 0 Å². The predicted molar refractivity (Wildman–Crippen MR) is 97.8 cm³/mol. The molecule has 1 atom stereocenters. The Morgan fingerprint density at radius 2 is 1.88 bits per heavy atom. The van der Waals surface area contributed by atoms with E-state index >= 15 is 0 Å². The minimum absolute atomic E-state index is 0.0110. The zero-order valence-electron chi connectivity index (χ0n) is 15.1. The monoisotopic (exact) mass is 364 g/mol. The van der Waals surface area contributed by atoms with Crippen molar-refractivity contribution in [2.75, 3.05) is 13.1 Å². The lowest BCUT2D eigenvalue weighted by Crippen LogP contribution is -2.43. The highest BCUT2D eigenvalue weighted by Gasteiger charge is 2.34. The van der Waals surface area contributed by atoms with Crippen molar-refractivity contribution in [2.24, 2.45) is 11.8 Å². The van der Waals surface area contributed by atoms with Crippen molar-refractivity contribution < 1.29 is 14.7 Å². The molecule has 2 heterocycles. The minimum Gasteiger partial charge on any atom is -0.481 e. The highest BCUT2D eigenvalue weighted by atomic mass is 32.1. The topological polar surface area (TPSA) is 70.5 Å². The second-order valence-electron chi connectivity index (χ2n) is 7.78. The Bertz CT molecular complexity index is 620. The van der Waals surface area contributed by atoms with Crippen LogP contribution < -0.4 is 0 Å². The van der Waals surface area contributed by atoms with Gasteiger partial charge in [0.15, 0.2) is 0 Å². The van der Waals surface area contributed by atoms with Gasteiger partial charge in [0.1, 0.15) is 0 Å². The molecule has 5 nitrogen and oxygen atoms in total. The lowest BCUT2D eigenvalue weighted by atomic mass is 9.81. The minimum atomic E-state index is -0.714. The summed E-state index contributed by atoms with van der Waals surface area (Å²) in [7, 11) is 0. The fourth-order valence-corrected chi connectivity index (χ4v) is 5.09. The smallest absolute Gasteiger partial charge is 0.306 e. The highest BCUT2D eigenvalue weighted by Crippen LogP contribution is 2.34. The Morgan fingerprint density at radius 3 is 2.48 bits per heavy atom. The standard InChI is InChI=1S/C19H28N2O3S/c1-12(2)16-11-25-17(20-16)15-4-3-9-21(10-15)18(22)13-5-7-14(8-6-13)19(23)24/h11-15H,3-10H2,1-2H3,(H,23,24). The van der Waals surface area contributed by atoms with E-state index in [9.17, 15) is 9.59 Å². The molecule has 0 spiro atoms. The van der Waals surface area contributed by atoms with Crippen LogP contribution in [0.1, 0.15) is 74.9 Å². The van der Waals surface area contributed by atoms with E-state index in [-0.39, 0.29) is 17.7 Å². The maximum atomic E-state index is 12.9. The van der Waals surface area contributed by atoms with Crippen LogP contribution in [0.15, 0.2) is 5.38 Å². The van der Waals surface area contributed by atoms with Crippen LogP contribution >= 0.6 is 11.3 Å². The van der Waals surface area contributed by atoms with Crippen LogP contribution in [0.5, 0.6) is 0 Å². The third kappa shape index (κ3) is 4.22. The normalized spacial score (nSPS) is 27.5. The molecule has 1 saturated heterocycles. The summed E-state index contributed by atoms with van der Waals surface area (Å²) in [6, 6.07) is 0. The van der Waals surface area contributed by atoms with Gasteiger partial charge in [-0.2, -0.15) is 0 Å². The van der Waals surface area contributed by atoms with Crippen LogP contribution in [0.4, 0.5) is 0 Å². The summed E-state index contributed by atoms with van der Waals surface area (Å²) in [4.78, 5) is 30.8. The third-order valence-electron chi connectivity index (χ3n) is 5.64. The first-order valence-corrected chi connectivity index (χ1v) is 10.3. The first kappa shape index (κ1) is 18.4. The molecule has 1 aliphatic carbocycles. The lowest BCUT2D eigenvalue weighted by molar-refractivity contribution is -0.146. The molecule has 1 aliphatic heterocycles. The Kier molecular flexibility index (Phi) is 5.77. The molecule has 6 heteroatoms. The van der Waals surface area contributed by atoms with Crippen LogP contribution in [0.3, 0.4) is 0 Å². The number of likely N-dealkylation sites (tertiary alicyclic amines) is 1. The molecule has 2 fully saturated rings. The summed E-state index contributed by atoms with van der Waals surface area (Å²) in [5, 5.41) is 12.4. The average molecular weight is 365 g/mol. The van der Waals surface area contributed by atoms with E-state index in [0.717, 1.165) is 36.6 Å². The fourth-order valence-electron chi connectivity index (χ4n) is 3.98. The van der Waals surface area contributed by atoms with Crippen molar-refractivity contribution >= 4 is 23.2 Å². The Morgan fingerprint density at radius 1 is 1.20 bits per heavy atom. The number of piperidine rings is 1. The Labute approximate surface area is 153 Å². The number of aliphatic carboxylic acids is 1. The molecule has 0 radical (unpaired) electrons. The Balaban J connectivity index is 1.59. The molecular formula is C19H28N2O3S. The second kappa shape index (κ2) is 7.85. The zero-order chi connectivity index (χ0) is 18.0. The number of carbonyl (C=O) groups excluding carboxylic acids is 1. The van der Waals surface area contributed by atoms with Crippen molar-refractivity contribution in [3.8, 4) is 0 Å². The molecular weight excluding hydrogens is 336 g/mol. The average Bonchev–Trinajstić information content (AvgIpc) is 3.12.